The number of aromatic hydroxyl groups is 1. The topological polar surface area (TPSA) is 46.0 Å². The van der Waals surface area contributed by atoms with Gasteiger partial charge < -0.3 is 5.11 Å². The second-order valence-corrected chi connectivity index (χ2v) is 5.66. The van der Waals surface area contributed by atoms with Crippen molar-refractivity contribution in [2.75, 3.05) is 0 Å². The number of hydrogen-bond acceptors (Lipinski definition) is 3. The minimum absolute atomic E-state index is 0.161. The number of benzene rings is 1. The minimum atomic E-state index is -0.536. The van der Waals surface area contributed by atoms with Crippen molar-refractivity contribution >= 4 is 27.5 Å². The smallest absolute Gasteiger partial charge is 0.161 e. The molecule has 1 aromatic carbocycles. The summed E-state index contributed by atoms with van der Waals surface area (Å²) in [5, 5.41) is 9.73. The Morgan fingerprint density at radius 1 is 1.26 bits per heavy atom. The maximum Gasteiger partial charge on any atom is 0.161 e. The zero-order chi connectivity index (χ0) is 13.6. The van der Waals surface area contributed by atoms with E-state index in [2.05, 4.69) is 25.9 Å². The van der Waals surface area contributed by atoms with Gasteiger partial charge in [0.1, 0.15) is 16.7 Å². The van der Waals surface area contributed by atoms with Crippen LogP contribution in [0, 0.1) is 5.82 Å². The van der Waals surface area contributed by atoms with E-state index in [9.17, 15) is 9.50 Å². The number of rotatable bonds is 2. The molecule has 1 aliphatic rings. The van der Waals surface area contributed by atoms with E-state index in [4.69, 9.17) is 11.6 Å². The third-order valence-corrected chi connectivity index (χ3v) is 4.22. The Balaban J connectivity index is 2.14. The Morgan fingerprint density at radius 2 is 2.00 bits per heavy atom. The van der Waals surface area contributed by atoms with Crippen LogP contribution in [-0.2, 0) is 0 Å². The predicted octanol–water partition coefficient (Wildman–Crippen LogP) is 4.28. The molecular formula is C13H9BrClFN2O. The van der Waals surface area contributed by atoms with Crippen LogP contribution in [0.5, 0.6) is 5.75 Å². The zero-order valence-corrected chi connectivity index (χ0v) is 12.0. The molecule has 1 fully saturated rings. The molecule has 1 heterocycles. The molecule has 0 aliphatic heterocycles. The number of halogens is 3. The van der Waals surface area contributed by atoms with Crippen molar-refractivity contribution in [2.45, 2.75) is 18.8 Å². The van der Waals surface area contributed by atoms with Crippen LogP contribution in [0.4, 0.5) is 4.39 Å². The van der Waals surface area contributed by atoms with Crippen LogP contribution >= 0.6 is 27.5 Å². The van der Waals surface area contributed by atoms with Crippen LogP contribution in [0.1, 0.15) is 24.5 Å². The summed E-state index contributed by atoms with van der Waals surface area (Å²) in [7, 11) is 0. The summed E-state index contributed by atoms with van der Waals surface area (Å²) in [6, 6.07) is 3.72. The Kier molecular flexibility index (Phi) is 3.19. The van der Waals surface area contributed by atoms with Gasteiger partial charge in [0.25, 0.3) is 0 Å². The fourth-order valence-corrected chi connectivity index (χ4v) is 2.57. The molecule has 1 aliphatic carbocycles. The van der Waals surface area contributed by atoms with Crippen molar-refractivity contribution in [1.29, 1.82) is 0 Å². The first-order valence-electron chi connectivity index (χ1n) is 5.77. The average molecular weight is 344 g/mol. The van der Waals surface area contributed by atoms with Crippen LogP contribution in [0.3, 0.4) is 0 Å². The molecule has 1 aromatic heterocycles. The first-order chi connectivity index (χ1) is 9.04. The second-order valence-electron chi connectivity index (χ2n) is 4.51. The summed E-state index contributed by atoms with van der Waals surface area (Å²) in [6.07, 6.45) is 2.14. The third kappa shape index (κ3) is 2.58. The molecule has 1 saturated carbocycles. The fraction of sp³-hybridized carbons (Fsp3) is 0.231. The highest BCUT2D eigenvalue weighted by atomic mass is 79.9. The molecule has 6 heteroatoms. The molecule has 0 amide bonds. The first-order valence-corrected chi connectivity index (χ1v) is 6.94. The van der Waals surface area contributed by atoms with Gasteiger partial charge in [0.2, 0.25) is 0 Å². The number of phenols is 1. The van der Waals surface area contributed by atoms with Crippen LogP contribution in [-0.4, -0.2) is 15.1 Å². The molecule has 0 atom stereocenters. The fourth-order valence-electron chi connectivity index (χ4n) is 1.90. The standard InChI is InChI=1S/C13H9BrClFN2O/c14-10-11(6-1-2-6)17-13(18-12(10)15)7-3-8(16)5-9(19)4-7/h3-6,19H,1-2H2. The zero-order valence-electron chi connectivity index (χ0n) is 9.70. The quantitative estimate of drug-likeness (QED) is 0.828. The van der Waals surface area contributed by atoms with Crippen molar-refractivity contribution in [3.63, 3.8) is 0 Å². The van der Waals surface area contributed by atoms with Gasteiger partial charge in [-0.1, -0.05) is 11.6 Å². The van der Waals surface area contributed by atoms with Crippen LogP contribution < -0.4 is 0 Å². The van der Waals surface area contributed by atoms with E-state index in [1.165, 1.54) is 12.1 Å². The molecule has 0 saturated heterocycles. The van der Waals surface area contributed by atoms with E-state index < -0.39 is 5.82 Å². The third-order valence-electron chi connectivity index (χ3n) is 2.94. The molecule has 0 unspecified atom stereocenters. The lowest BCUT2D eigenvalue weighted by atomic mass is 10.2. The molecule has 0 bridgehead atoms. The molecule has 0 spiro atoms. The van der Waals surface area contributed by atoms with Gasteiger partial charge in [-0.25, -0.2) is 14.4 Å². The van der Waals surface area contributed by atoms with E-state index in [-0.39, 0.29) is 5.75 Å². The number of nitrogens with zero attached hydrogens (tertiary/aromatic N) is 2. The lowest BCUT2D eigenvalue weighted by Gasteiger charge is -2.08. The minimum Gasteiger partial charge on any atom is -0.508 e. The number of aromatic nitrogens is 2. The van der Waals surface area contributed by atoms with Crippen molar-refractivity contribution in [3.8, 4) is 17.1 Å². The SMILES string of the molecule is Oc1cc(F)cc(-c2nc(Cl)c(Br)c(C3CC3)n2)c1. The Morgan fingerprint density at radius 3 is 2.63 bits per heavy atom. The molecule has 19 heavy (non-hydrogen) atoms. The molecule has 3 rings (SSSR count). The van der Waals surface area contributed by atoms with Gasteiger partial charge in [-0.3, -0.25) is 0 Å². The summed E-state index contributed by atoms with van der Waals surface area (Å²) < 4.78 is 14.0. The normalized spacial score (nSPS) is 14.7. The van der Waals surface area contributed by atoms with E-state index in [0.717, 1.165) is 24.6 Å². The maximum atomic E-state index is 13.3. The summed E-state index contributed by atoms with van der Waals surface area (Å²) >= 11 is 9.44. The number of phenolic OH excluding ortho intramolecular Hbond substituents is 1. The highest BCUT2D eigenvalue weighted by Crippen LogP contribution is 2.44. The van der Waals surface area contributed by atoms with Gasteiger partial charge in [-0.2, -0.15) is 0 Å². The summed E-state index contributed by atoms with van der Waals surface area (Å²) in [5.41, 5.74) is 1.26. The van der Waals surface area contributed by atoms with E-state index in [0.29, 0.717) is 26.9 Å². The lowest BCUT2D eigenvalue weighted by Crippen LogP contribution is -1.97. The lowest BCUT2D eigenvalue weighted by molar-refractivity contribution is 0.469. The Labute approximate surface area is 122 Å². The molecular weight excluding hydrogens is 335 g/mol. The highest BCUT2D eigenvalue weighted by molar-refractivity contribution is 9.10. The largest absolute Gasteiger partial charge is 0.508 e. The summed E-state index contributed by atoms with van der Waals surface area (Å²) in [5.74, 6) is 0.0110. The second kappa shape index (κ2) is 4.72. The van der Waals surface area contributed by atoms with Gasteiger partial charge >= 0.3 is 0 Å². The van der Waals surface area contributed by atoms with Crippen LogP contribution in [0.2, 0.25) is 5.15 Å². The molecule has 2 aromatic rings. The maximum absolute atomic E-state index is 13.3. The molecule has 0 radical (unpaired) electrons. The Bertz CT molecular complexity index is 641. The molecule has 1 N–H and O–H groups in total. The van der Waals surface area contributed by atoms with E-state index in [1.807, 2.05) is 0 Å². The Hall–Kier alpha value is -1.20. The van der Waals surface area contributed by atoms with Crippen molar-refractivity contribution in [2.24, 2.45) is 0 Å². The van der Waals surface area contributed by atoms with Gasteiger partial charge in [-0.05, 0) is 40.9 Å². The first kappa shape index (κ1) is 12.8. The monoisotopic (exact) mass is 342 g/mol. The van der Waals surface area contributed by atoms with Gasteiger partial charge in [0.15, 0.2) is 5.82 Å². The van der Waals surface area contributed by atoms with Crippen LogP contribution in [0.25, 0.3) is 11.4 Å². The summed E-state index contributed by atoms with van der Waals surface area (Å²) in [4.78, 5) is 8.55. The average Bonchev–Trinajstić information content (AvgIpc) is 3.15. The van der Waals surface area contributed by atoms with Crippen LogP contribution in [0.15, 0.2) is 22.7 Å². The van der Waals surface area contributed by atoms with Gasteiger partial charge in [0, 0.05) is 17.5 Å². The van der Waals surface area contributed by atoms with Crippen molar-refractivity contribution < 1.29 is 9.50 Å². The van der Waals surface area contributed by atoms with E-state index in [1.54, 1.807) is 0 Å². The predicted molar refractivity (Wildman–Crippen MR) is 73.8 cm³/mol. The summed E-state index contributed by atoms with van der Waals surface area (Å²) in [6.45, 7) is 0. The van der Waals surface area contributed by atoms with Crippen molar-refractivity contribution in [3.05, 3.63) is 39.3 Å². The highest BCUT2D eigenvalue weighted by Gasteiger charge is 2.29. The molecule has 3 nitrogen and oxygen atoms in total. The van der Waals surface area contributed by atoms with E-state index >= 15 is 0 Å². The van der Waals surface area contributed by atoms with Crippen molar-refractivity contribution in [1.82, 2.24) is 9.97 Å². The van der Waals surface area contributed by atoms with Gasteiger partial charge in [-0.15, -0.1) is 0 Å². The van der Waals surface area contributed by atoms with Gasteiger partial charge in [0.05, 0.1) is 10.2 Å². The molecule has 98 valence electrons. The number of hydrogen-bond donors (Lipinski definition) is 1.